The van der Waals surface area contributed by atoms with Crippen LogP contribution >= 0.6 is 0 Å². The molecule has 1 aromatic rings. The third-order valence-electron chi connectivity index (χ3n) is 3.52. The van der Waals surface area contributed by atoms with Crippen LogP contribution in [-0.4, -0.2) is 30.7 Å². The molecule has 0 unspecified atom stereocenters. The summed E-state index contributed by atoms with van der Waals surface area (Å²) in [5, 5.41) is 0. The van der Waals surface area contributed by atoms with E-state index >= 15 is 0 Å². The van der Waals surface area contributed by atoms with Crippen molar-refractivity contribution in [3.8, 4) is 11.5 Å². The number of fused-ring (bicyclic) bond motifs is 1. The lowest BCUT2D eigenvalue weighted by molar-refractivity contribution is -0.127. The molecule has 2 rings (SSSR count). The van der Waals surface area contributed by atoms with Gasteiger partial charge in [0.1, 0.15) is 0 Å². The second-order valence-corrected chi connectivity index (χ2v) is 6.86. The summed E-state index contributed by atoms with van der Waals surface area (Å²) in [6.45, 7) is 10.4. The third kappa shape index (κ3) is 5.44. The first-order valence-electron chi connectivity index (χ1n) is 8.49. The first-order chi connectivity index (χ1) is 11.5. The van der Waals surface area contributed by atoms with Crippen LogP contribution in [0.2, 0.25) is 0 Å². The highest BCUT2D eigenvalue weighted by Gasteiger charge is 2.14. The smallest absolute Gasteiger partial charge is 0.246 e. The summed E-state index contributed by atoms with van der Waals surface area (Å²) in [6.07, 6.45) is 7.24. The van der Waals surface area contributed by atoms with Crippen LogP contribution in [0.25, 0.3) is 6.08 Å². The van der Waals surface area contributed by atoms with E-state index in [0.717, 1.165) is 30.2 Å². The Kier molecular flexibility index (Phi) is 6.47. The summed E-state index contributed by atoms with van der Waals surface area (Å²) in [4.78, 5) is 14.3. The molecule has 1 aromatic carbocycles. The zero-order valence-electron chi connectivity index (χ0n) is 15.0. The molecule has 130 valence electrons. The monoisotopic (exact) mass is 329 g/mol. The highest BCUT2D eigenvalue weighted by molar-refractivity contribution is 5.88. The van der Waals surface area contributed by atoms with Gasteiger partial charge in [0, 0.05) is 19.2 Å². The van der Waals surface area contributed by atoms with Crippen LogP contribution in [-0.2, 0) is 4.79 Å². The van der Waals surface area contributed by atoms with Gasteiger partial charge in [-0.25, -0.2) is 0 Å². The maximum atomic E-state index is 12.3. The molecule has 0 N–H and O–H groups in total. The van der Waals surface area contributed by atoms with E-state index in [1.165, 1.54) is 0 Å². The largest absolute Gasteiger partial charge is 0.454 e. The third-order valence-corrected chi connectivity index (χ3v) is 3.52. The molecule has 1 amide bonds. The quantitative estimate of drug-likeness (QED) is 0.558. The predicted octanol–water partition coefficient (Wildman–Crippen LogP) is 4.13. The standard InChI is InChI=1S/C20H27NO3/c1-15(2)12-21(13-16(3)4)20(22)8-6-5-7-17-9-10-18-19(11-17)24-14-23-18/h5-11,15-16H,12-14H2,1-4H3/b7-5?,8-6+. The Morgan fingerprint density at radius 2 is 1.75 bits per heavy atom. The van der Waals surface area contributed by atoms with E-state index in [9.17, 15) is 4.79 Å². The average molecular weight is 329 g/mol. The molecule has 0 fully saturated rings. The van der Waals surface area contributed by atoms with E-state index in [1.807, 2.05) is 35.3 Å². The molecule has 1 aliphatic rings. The molecule has 1 aliphatic heterocycles. The van der Waals surface area contributed by atoms with Crippen molar-refractivity contribution in [2.24, 2.45) is 11.8 Å². The predicted molar refractivity (Wildman–Crippen MR) is 97.0 cm³/mol. The second kappa shape index (κ2) is 8.57. The zero-order valence-corrected chi connectivity index (χ0v) is 15.0. The minimum absolute atomic E-state index is 0.0627. The van der Waals surface area contributed by atoms with Crippen LogP contribution in [0.4, 0.5) is 0 Å². The fourth-order valence-corrected chi connectivity index (χ4v) is 2.56. The van der Waals surface area contributed by atoms with Crippen LogP contribution in [0.15, 0.2) is 36.4 Å². The van der Waals surface area contributed by atoms with Crippen molar-refractivity contribution in [2.45, 2.75) is 27.7 Å². The van der Waals surface area contributed by atoms with Crippen LogP contribution in [0, 0.1) is 11.8 Å². The number of carbonyl (C=O) groups excluding carboxylic acids is 1. The summed E-state index contributed by atoms with van der Waals surface area (Å²) in [7, 11) is 0. The van der Waals surface area contributed by atoms with Gasteiger partial charge in [-0.15, -0.1) is 0 Å². The highest BCUT2D eigenvalue weighted by atomic mass is 16.7. The SMILES string of the molecule is CC(C)CN(CC(C)C)C(=O)/C=C/C=Cc1ccc2c(c1)OCO2. The minimum Gasteiger partial charge on any atom is -0.454 e. The summed E-state index contributed by atoms with van der Waals surface area (Å²) < 4.78 is 10.6. The molecule has 0 atom stereocenters. The highest BCUT2D eigenvalue weighted by Crippen LogP contribution is 2.32. The normalized spacial score (nSPS) is 13.6. The lowest BCUT2D eigenvalue weighted by Gasteiger charge is -2.25. The molecule has 0 spiro atoms. The Labute approximate surface area is 144 Å². The number of hydrogen-bond acceptors (Lipinski definition) is 3. The molecule has 0 saturated heterocycles. The van der Waals surface area contributed by atoms with Crippen LogP contribution < -0.4 is 9.47 Å². The molecule has 0 aromatic heterocycles. The number of rotatable bonds is 7. The first-order valence-corrected chi connectivity index (χ1v) is 8.49. The van der Waals surface area contributed by atoms with Gasteiger partial charge in [-0.2, -0.15) is 0 Å². The number of hydrogen-bond donors (Lipinski definition) is 0. The van der Waals surface area contributed by atoms with E-state index in [0.29, 0.717) is 11.8 Å². The van der Waals surface area contributed by atoms with Gasteiger partial charge in [-0.05, 0) is 29.5 Å². The molecule has 1 heterocycles. The van der Waals surface area contributed by atoms with Gasteiger partial charge in [-0.1, -0.05) is 52.0 Å². The number of allylic oxidation sites excluding steroid dienone is 2. The fraction of sp³-hybridized carbons (Fsp3) is 0.450. The Morgan fingerprint density at radius 1 is 1.08 bits per heavy atom. The van der Waals surface area contributed by atoms with Crippen LogP contribution in [0.5, 0.6) is 11.5 Å². The summed E-state index contributed by atoms with van der Waals surface area (Å²) in [5.41, 5.74) is 1.01. The molecule has 0 radical (unpaired) electrons. The van der Waals surface area contributed by atoms with Gasteiger partial charge in [-0.3, -0.25) is 4.79 Å². The lowest BCUT2D eigenvalue weighted by atomic mass is 10.1. The van der Waals surface area contributed by atoms with Crippen molar-refractivity contribution in [3.63, 3.8) is 0 Å². The van der Waals surface area contributed by atoms with E-state index < -0.39 is 0 Å². The number of carbonyl (C=O) groups is 1. The molecule has 0 bridgehead atoms. The van der Waals surface area contributed by atoms with Crippen molar-refractivity contribution in [2.75, 3.05) is 19.9 Å². The second-order valence-electron chi connectivity index (χ2n) is 6.86. The minimum atomic E-state index is 0.0627. The van der Waals surface area contributed by atoms with E-state index in [-0.39, 0.29) is 12.7 Å². The topological polar surface area (TPSA) is 38.8 Å². The Balaban J connectivity index is 1.94. The van der Waals surface area contributed by atoms with Gasteiger partial charge >= 0.3 is 0 Å². The van der Waals surface area contributed by atoms with E-state index in [2.05, 4.69) is 27.7 Å². The van der Waals surface area contributed by atoms with Gasteiger partial charge in [0.05, 0.1) is 0 Å². The van der Waals surface area contributed by atoms with Gasteiger partial charge in [0.2, 0.25) is 12.7 Å². The van der Waals surface area contributed by atoms with Crippen molar-refractivity contribution >= 4 is 12.0 Å². The zero-order chi connectivity index (χ0) is 17.5. The molecule has 0 aliphatic carbocycles. The fourth-order valence-electron chi connectivity index (χ4n) is 2.56. The van der Waals surface area contributed by atoms with Gasteiger partial charge in [0.25, 0.3) is 0 Å². The first kappa shape index (κ1) is 18.1. The molecule has 0 saturated carbocycles. The Bertz CT molecular complexity index is 607. The van der Waals surface area contributed by atoms with E-state index in [1.54, 1.807) is 12.2 Å². The van der Waals surface area contributed by atoms with Crippen molar-refractivity contribution < 1.29 is 14.3 Å². The Morgan fingerprint density at radius 3 is 2.42 bits per heavy atom. The molecule has 24 heavy (non-hydrogen) atoms. The summed E-state index contributed by atoms with van der Waals surface area (Å²) in [6, 6.07) is 5.78. The van der Waals surface area contributed by atoms with E-state index in [4.69, 9.17) is 9.47 Å². The number of benzene rings is 1. The maximum absolute atomic E-state index is 12.3. The van der Waals surface area contributed by atoms with Crippen molar-refractivity contribution in [1.29, 1.82) is 0 Å². The number of nitrogens with zero attached hydrogens (tertiary/aromatic N) is 1. The van der Waals surface area contributed by atoms with Crippen LogP contribution in [0.1, 0.15) is 33.3 Å². The van der Waals surface area contributed by atoms with Crippen LogP contribution in [0.3, 0.4) is 0 Å². The average Bonchev–Trinajstić information content (AvgIpc) is 2.97. The summed E-state index contributed by atoms with van der Waals surface area (Å²) >= 11 is 0. The Hall–Kier alpha value is -2.23. The van der Waals surface area contributed by atoms with Crippen molar-refractivity contribution in [1.82, 2.24) is 4.90 Å². The molecule has 4 heteroatoms. The van der Waals surface area contributed by atoms with Gasteiger partial charge in [0.15, 0.2) is 11.5 Å². The maximum Gasteiger partial charge on any atom is 0.246 e. The number of ether oxygens (including phenoxy) is 2. The number of amides is 1. The molecule has 4 nitrogen and oxygen atoms in total. The molecular formula is C20H27NO3. The summed E-state index contributed by atoms with van der Waals surface area (Å²) in [5.74, 6) is 2.52. The lowest BCUT2D eigenvalue weighted by Crippen LogP contribution is -2.35. The van der Waals surface area contributed by atoms with Crippen molar-refractivity contribution in [3.05, 3.63) is 42.0 Å². The molecular weight excluding hydrogens is 302 g/mol. The van der Waals surface area contributed by atoms with Gasteiger partial charge < -0.3 is 14.4 Å².